The smallest absolute Gasteiger partial charge is 0.265 e. The van der Waals surface area contributed by atoms with Crippen LogP contribution in [0.2, 0.25) is 0 Å². The number of nitrogens with one attached hydrogen (secondary N) is 1. The summed E-state index contributed by atoms with van der Waals surface area (Å²) in [7, 11) is 1.54. The second-order valence-electron chi connectivity index (χ2n) is 8.13. The van der Waals surface area contributed by atoms with Crippen LogP contribution in [-0.2, 0) is 25.5 Å². The van der Waals surface area contributed by atoms with E-state index < -0.39 is 11.3 Å². The van der Waals surface area contributed by atoms with Crippen LogP contribution >= 0.6 is 0 Å². The van der Waals surface area contributed by atoms with Crippen molar-refractivity contribution in [2.45, 2.75) is 38.7 Å². The molecule has 0 bridgehead atoms. The number of primary amides is 1. The van der Waals surface area contributed by atoms with E-state index in [9.17, 15) is 14.4 Å². The number of amides is 3. The van der Waals surface area contributed by atoms with E-state index in [4.69, 9.17) is 10.5 Å². The molecule has 3 amide bonds. The average molecular weight is 427 g/mol. The van der Waals surface area contributed by atoms with Crippen molar-refractivity contribution in [1.29, 1.82) is 0 Å². The molecule has 1 aromatic carbocycles. The van der Waals surface area contributed by atoms with E-state index in [-0.39, 0.29) is 24.3 Å². The monoisotopic (exact) mass is 426 g/mol. The van der Waals surface area contributed by atoms with E-state index in [0.29, 0.717) is 50.4 Å². The lowest BCUT2D eigenvalue weighted by Crippen LogP contribution is -2.47. The Bertz CT molecular complexity index is 896. The summed E-state index contributed by atoms with van der Waals surface area (Å²) in [6, 6.07) is 9.75. The molecule has 2 unspecified atom stereocenters. The van der Waals surface area contributed by atoms with Crippen LogP contribution in [0, 0.1) is 5.41 Å². The molecular formula is C23H30N4O4. The number of nitrogens with zero attached hydrogens (tertiary/aromatic N) is 2. The van der Waals surface area contributed by atoms with Crippen molar-refractivity contribution in [3.63, 3.8) is 0 Å². The molecule has 0 spiro atoms. The Hall–Kier alpha value is -3.00. The number of aliphatic imine (C=N–C) groups is 1. The van der Waals surface area contributed by atoms with Gasteiger partial charge in [-0.2, -0.15) is 0 Å². The Kier molecular flexibility index (Phi) is 7.22. The van der Waals surface area contributed by atoms with Gasteiger partial charge in [-0.3, -0.25) is 19.4 Å². The molecule has 166 valence electrons. The number of allylic oxidation sites excluding steroid dienone is 1. The zero-order valence-corrected chi connectivity index (χ0v) is 18.1. The third-order valence-corrected chi connectivity index (χ3v) is 5.91. The van der Waals surface area contributed by atoms with Crippen molar-refractivity contribution < 1.29 is 19.1 Å². The highest BCUT2D eigenvalue weighted by atomic mass is 16.5. The summed E-state index contributed by atoms with van der Waals surface area (Å²) < 4.78 is 5.82. The summed E-state index contributed by atoms with van der Waals surface area (Å²) in [6.45, 7) is 3.07. The van der Waals surface area contributed by atoms with Crippen LogP contribution in [-0.4, -0.2) is 61.2 Å². The highest BCUT2D eigenvalue weighted by Gasteiger charge is 2.41. The van der Waals surface area contributed by atoms with E-state index in [1.165, 1.54) is 7.05 Å². The van der Waals surface area contributed by atoms with Gasteiger partial charge in [0.05, 0.1) is 18.1 Å². The van der Waals surface area contributed by atoms with Gasteiger partial charge in [0, 0.05) is 45.6 Å². The zero-order chi connectivity index (χ0) is 22.4. The van der Waals surface area contributed by atoms with Crippen LogP contribution in [0.4, 0.5) is 0 Å². The minimum atomic E-state index is -1.03. The molecule has 2 aliphatic heterocycles. The fourth-order valence-electron chi connectivity index (χ4n) is 4.13. The molecule has 8 nitrogen and oxygen atoms in total. The molecule has 31 heavy (non-hydrogen) atoms. The molecule has 3 N–H and O–H groups in total. The number of rotatable bonds is 7. The lowest BCUT2D eigenvalue weighted by atomic mass is 9.74. The number of morpholine rings is 1. The number of carbonyl (C=O) groups excluding carboxylic acids is 3. The van der Waals surface area contributed by atoms with Gasteiger partial charge in [0.25, 0.3) is 5.91 Å². The highest BCUT2D eigenvalue weighted by molar-refractivity contribution is 6.39. The molecule has 0 radical (unpaired) electrons. The molecule has 8 heteroatoms. The Balaban J connectivity index is 1.84. The summed E-state index contributed by atoms with van der Waals surface area (Å²) >= 11 is 0. The summed E-state index contributed by atoms with van der Waals surface area (Å²) in [5, 5.41) is 2.60. The van der Waals surface area contributed by atoms with Gasteiger partial charge >= 0.3 is 0 Å². The normalized spacial score (nSPS) is 23.5. The van der Waals surface area contributed by atoms with E-state index in [2.05, 4.69) is 10.3 Å². The molecule has 1 fully saturated rings. The Morgan fingerprint density at radius 3 is 2.68 bits per heavy atom. The summed E-state index contributed by atoms with van der Waals surface area (Å²) in [6.07, 6.45) is 3.23. The Labute approximate surface area is 182 Å². The van der Waals surface area contributed by atoms with Crippen molar-refractivity contribution in [1.82, 2.24) is 10.2 Å². The van der Waals surface area contributed by atoms with E-state index in [1.807, 2.05) is 36.4 Å². The number of benzene rings is 1. The maximum atomic E-state index is 12.7. The van der Waals surface area contributed by atoms with Gasteiger partial charge in [0.2, 0.25) is 11.8 Å². The number of ether oxygens (including phenoxy) is 1. The Morgan fingerprint density at radius 2 is 2.03 bits per heavy atom. The first-order valence-electron chi connectivity index (χ1n) is 10.6. The first kappa shape index (κ1) is 22.7. The quantitative estimate of drug-likeness (QED) is 0.682. The fraction of sp³-hybridized carbons (Fsp3) is 0.478. The molecule has 2 atom stereocenters. The van der Waals surface area contributed by atoms with Gasteiger partial charge in [-0.25, -0.2) is 0 Å². The summed E-state index contributed by atoms with van der Waals surface area (Å²) in [5.74, 6) is -0.802. The van der Waals surface area contributed by atoms with Crippen molar-refractivity contribution in [3.05, 3.63) is 47.7 Å². The maximum Gasteiger partial charge on any atom is 0.265 e. The van der Waals surface area contributed by atoms with Gasteiger partial charge in [0.1, 0.15) is 5.71 Å². The number of carbonyl (C=O) groups is 3. The molecule has 2 aliphatic rings. The second kappa shape index (κ2) is 9.87. The van der Waals surface area contributed by atoms with E-state index in [0.717, 1.165) is 5.56 Å². The highest BCUT2D eigenvalue weighted by Crippen LogP contribution is 2.37. The first-order valence-corrected chi connectivity index (χ1v) is 10.6. The van der Waals surface area contributed by atoms with Crippen LogP contribution in [0.15, 0.2) is 47.1 Å². The molecule has 3 rings (SSSR count). The van der Waals surface area contributed by atoms with Gasteiger partial charge in [-0.15, -0.1) is 0 Å². The standard InChI is InChI=1S/C23H30N4O4/c1-16(28)27-10-11-31-19(15-27)8-9-23(22(24)30)13-18(12-17-6-4-3-5-7-17)26-20(14-23)21(29)25-2/h3-7,13,19H,8-12,14-15H2,1-2H3,(H2,24,30)(H,25,29). The third kappa shape index (κ3) is 5.58. The maximum absolute atomic E-state index is 12.7. The largest absolute Gasteiger partial charge is 0.375 e. The number of nitrogens with two attached hydrogens (primary N) is 1. The molecule has 1 aromatic rings. The lowest BCUT2D eigenvalue weighted by molar-refractivity contribution is -0.137. The van der Waals surface area contributed by atoms with E-state index in [1.54, 1.807) is 11.8 Å². The fourth-order valence-corrected chi connectivity index (χ4v) is 4.13. The molecular weight excluding hydrogens is 396 g/mol. The van der Waals surface area contributed by atoms with Crippen LogP contribution < -0.4 is 11.1 Å². The average Bonchev–Trinajstić information content (AvgIpc) is 2.77. The molecule has 0 aliphatic carbocycles. The van der Waals surface area contributed by atoms with E-state index >= 15 is 0 Å². The van der Waals surface area contributed by atoms with Crippen molar-refractivity contribution >= 4 is 23.4 Å². The number of hydrogen-bond acceptors (Lipinski definition) is 5. The van der Waals surface area contributed by atoms with Gasteiger partial charge in [-0.1, -0.05) is 30.3 Å². The van der Waals surface area contributed by atoms with Gasteiger partial charge in [-0.05, 0) is 24.5 Å². The topological polar surface area (TPSA) is 114 Å². The third-order valence-electron chi connectivity index (χ3n) is 5.91. The van der Waals surface area contributed by atoms with Crippen LogP contribution in [0.3, 0.4) is 0 Å². The van der Waals surface area contributed by atoms with Gasteiger partial charge < -0.3 is 20.7 Å². The zero-order valence-electron chi connectivity index (χ0n) is 18.1. The molecule has 2 heterocycles. The second-order valence-corrected chi connectivity index (χ2v) is 8.13. The minimum Gasteiger partial charge on any atom is -0.375 e. The van der Waals surface area contributed by atoms with Gasteiger partial charge in [0.15, 0.2) is 0 Å². The minimum absolute atomic E-state index is 0.00894. The molecule has 0 saturated carbocycles. The Morgan fingerprint density at radius 1 is 1.29 bits per heavy atom. The lowest BCUT2D eigenvalue weighted by Gasteiger charge is -2.36. The summed E-state index contributed by atoms with van der Waals surface area (Å²) in [4.78, 5) is 43.1. The predicted octanol–water partition coefficient (Wildman–Crippen LogP) is 1.20. The first-order chi connectivity index (χ1) is 14.8. The van der Waals surface area contributed by atoms with Crippen molar-refractivity contribution in [2.24, 2.45) is 16.1 Å². The van der Waals surface area contributed by atoms with Crippen LogP contribution in [0.25, 0.3) is 0 Å². The molecule has 1 saturated heterocycles. The SMILES string of the molecule is CNC(=O)C1=NC(Cc2ccccc2)=CC(CCC2CN(C(C)=O)CCO2)(C(N)=O)C1. The predicted molar refractivity (Wildman–Crippen MR) is 117 cm³/mol. The van der Waals surface area contributed by atoms with Crippen molar-refractivity contribution in [2.75, 3.05) is 26.7 Å². The molecule has 0 aromatic heterocycles. The summed E-state index contributed by atoms with van der Waals surface area (Å²) in [5.41, 5.74) is 6.81. The van der Waals surface area contributed by atoms with Crippen molar-refractivity contribution in [3.8, 4) is 0 Å². The van der Waals surface area contributed by atoms with Crippen LogP contribution in [0.1, 0.15) is 31.7 Å². The number of hydrogen-bond donors (Lipinski definition) is 2. The van der Waals surface area contributed by atoms with Crippen LogP contribution in [0.5, 0.6) is 0 Å².